The van der Waals surface area contributed by atoms with E-state index in [9.17, 15) is 0 Å². The lowest BCUT2D eigenvalue weighted by Gasteiger charge is -2.36. The van der Waals surface area contributed by atoms with E-state index < -0.39 is 0 Å². The molecule has 0 aromatic heterocycles. The predicted molar refractivity (Wildman–Crippen MR) is 141 cm³/mol. The van der Waals surface area contributed by atoms with Crippen molar-refractivity contribution in [2.24, 2.45) is 4.99 Å². The highest BCUT2D eigenvalue weighted by Crippen LogP contribution is 2.15. The maximum Gasteiger partial charge on any atom is 0.191 e. The van der Waals surface area contributed by atoms with Gasteiger partial charge in [-0.3, -0.25) is 9.89 Å². The van der Waals surface area contributed by atoms with Gasteiger partial charge in [0.25, 0.3) is 0 Å². The summed E-state index contributed by atoms with van der Waals surface area (Å²) in [5, 5.41) is 6.77. The highest BCUT2D eigenvalue weighted by molar-refractivity contribution is 14.0. The number of anilines is 1. The van der Waals surface area contributed by atoms with Gasteiger partial charge in [0.15, 0.2) is 5.96 Å². The fourth-order valence-electron chi connectivity index (χ4n) is 3.48. The second-order valence-corrected chi connectivity index (χ2v) is 7.52. The van der Waals surface area contributed by atoms with Crippen molar-refractivity contribution in [1.82, 2.24) is 15.5 Å². The van der Waals surface area contributed by atoms with Crippen LogP contribution in [0.4, 0.5) is 5.69 Å². The van der Waals surface area contributed by atoms with Crippen LogP contribution in [-0.2, 0) is 9.47 Å². The topological polar surface area (TPSA) is 61.4 Å². The Morgan fingerprint density at radius 2 is 1.74 bits per heavy atom. The maximum atomic E-state index is 5.48. The second-order valence-electron chi connectivity index (χ2n) is 7.52. The van der Waals surface area contributed by atoms with Crippen molar-refractivity contribution < 1.29 is 9.47 Å². The Morgan fingerprint density at radius 3 is 2.45 bits per heavy atom. The van der Waals surface area contributed by atoms with Gasteiger partial charge in [0, 0.05) is 65.2 Å². The van der Waals surface area contributed by atoms with Crippen molar-refractivity contribution in [1.29, 1.82) is 0 Å². The first-order chi connectivity index (χ1) is 14.8. The minimum Gasteiger partial charge on any atom is -0.382 e. The molecule has 1 fully saturated rings. The van der Waals surface area contributed by atoms with Gasteiger partial charge in [-0.2, -0.15) is 0 Å². The standard InChI is InChI=1S/C23H41N5O2.HI/c1-3-24-23(26-13-9-19-30-21-20-29-2)25-12-7-8-14-27-15-17-28(18-16-27)22-10-5-4-6-11-22;/h4-6,10-11H,3,7-9,12-21H2,1-2H3,(H2,24,25,26);1H. The third-order valence-corrected chi connectivity index (χ3v) is 5.18. The monoisotopic (exact) mass is 547 g/mol. The highest BCUT2D eigenvalue weighted by Gasteiger charge is 2.16. The van der Waals surface area contributed by atoms with Gasteiger partial charge in [-0.05, 0) is 44.9 Å². The first kappa shape index (κ1) is 27.9. The van der Waals surface area contributed by atoms with E-state index in [1.807, 2.05) is 0 Å². The smallest absolute Gasteiger partial charge is 0.191 e. The Hall–Kier alpha value is -1.10. The molecule has 0 atom stereocenters. The van der Waals surface area contributed by atoms with Gasteiger partial charge in [-0.25, -0.2) is 0 Å². The van der Waals surface area contributed by atoms with Gasteiger partial charge in [0.2, 0.25) is 0 Å². The largest absolute Gasteiger partial charge is 0.382 e. The number of nitrogens with one attached hydrogen (secondary N) is 2. The number of guanidine groups is 1. The molecule has 0 unspecified atom stereocenters. The van der Waals surface area contributed by atoms with Crippen LogP contribution in [0.25, 0.3) is 0 Å². The Kier molecular flexibility index (Phi) is 16.6. The SMILES string of the molecule is CCNC(=NCCCOCCOC)NCCCCN1CCN(c2ccccc2)CC1.I. The molecule has 2 N–H and O–H groups in total. The first-order valence-corrected chi connectivity index (χ1v) is 11.4. The molecule has 0 amide bonds. The van der Waals surface area contributed by atoms with Gasteiger partial charge in [-0.15, -0.1) is 24.0 Å². The number of piperazine rings is 1. The molecule has 1 aromatic rings. The molecule has 8 heteroatoms. The molecule has 1 saturated heterocycles. The van der Waals surface area contributed by atoms with Crippen molar-refractivity contribution in [2.45, 2.75) is 26.2 Å². The number of aliphatic imine (C=N–C) groups is 1. The zero-order chi connectivity index (χ0) is 21.3. The lowest BCUT2D eigenvalue weighted by Crippen LogP contribution is -2.46. The third-order valence-electron chi connectivity index (χ3n) is 5.18. The number of unbranched alkanes of at least 4 members (excludes halogenated alkanes) is 1. The molecule has 2 rings (SSSR count). The summed E-state index contributed by atoms with van der Waals surface area (Å²) < 4.78 is 10.4. The molecule has 0 bridgehead atoms. The molecule has 1 heterocycles. The zero-order valence-corrected chi connectivity index (χ0v) is 21.7. The number of nitrogens with zero attached hydrogens (tertiary/aromatic N) is 3. The molecule has 31 heavy (non-hydrogen) atoms. The third kappa shape index (κ3) is 12.5. The van der Waals surface area contributed by atoms with Gasteiger partial charge in [0.1, 0.15) is 0 Å². The number of halogens is 1. The molecule has 0 radical (unpaired) electrons. The summed E-state index contributed by atoms with van der Waals surface area (Å²) in [6, 6.07) is 10.7. The van der Waals surface area contributed by atoms with Crippen molar-refractivity contribution >= 4 is 35.6 Å². The average Bonchev–Trinajstić information content (AvgIpc) is 2.79. The molecular weight excluding hydrogens is 505 g/mol. The van der Waals surface area contributed by atoms with Crippen molar-refractivity contribution in [2.75, 3.05) is 84.2 Å². The van der Waals surface area contributed by atoms with E-state index in [2.05, 4.69) is 62.7 Å². The Morgan fingerprint density at radius 1 is 0.968 bits per heavy atom. The van der Waals surface area contributed by atoms with E-state index >= 15 is 0 Å². The molecular formula is C23H42IN5O2. The van der Waals surface area contributed by atoms with Crippen LogP contribution in [0.5, 0.6) is 0 Å². The Balaban J connectivity index is 0.00000480. The van der Waals surface area contributed by atoms with E-state index in [4.69, 9.17) is 9.47 Å². The average molecular weight is 548 g/mol. The molecule has 1 aromatic carbocycles. The summed E-state index contributed by atoms with van der Waals surface area (Å²) >= 11 is 0. The zero-order valence-electron chi connectivity index (χ0n) is 19.4. The Labute approximate surface area is 206 Å². The number of hydrogen-bond acceptors (Lipinski definition) is 5. The van der Waals surface area contributed by atoms with Crippen LogP contribution in [0.2, 0.25) is 0 Å². The second kappa shape index (κ2) is 18.5. The van der Waals surface area contributed by atoms with E-state index in [1.165, 1.54) is 18.7 Å². The van der Waals surface area contributed by atoms with Crippen LogP contribution < -0.4 is 15.5 Å². The van der Waals surface area contributed by atoms with Crippen LogP contribution in [-0.4, -0.2) is 90.1 Å². The van der Waals surface area contributed by atoms with Crippen molar-refractivity contribution in [3.05, 3.63) is 30.3 Å². The summed E-state index contributed by atoms with van der Waals surface area (Å²) in [7, 11) is 1.69. The predicted octanol–water partition coefficient (Wildman–Crippen LogP) is 2.82. The molecule has 0 aliphatic carbocycles. The molecule has 0 saturated carbocycles. The van der Waals surface area contributed by atoms with Gasteiger partial charge >= 0.3 is 0 Å². The molecule has 178 valence electrons. The fourth-order valence-corrected chi connectivity index (χ4v) is 3.48. The quantitative estimate of drug-likeness (QED) is 0.162. The Bertz CT molecular complexity index is 568. The van der Waals surface area contributed by atoms with Crippen LogP contribution >= 0.6 is 24.0 Å². The number of para-hydroxylation sites is 1. The summed E-state index contributed by atoms with van der Waals surface area (Å²) in [5.41, 5.74) is 1.35. The summed E-state index contributed by atoms with van der Waals surface area (Å²) in [5.74, 6) is 0.908. The number of hydrogen-bond donors (Lipinski definition) is 2. The first-order valence-electron chi connectivity index (χ1n) is 11.4. The lowest BCUT2D eigenvalue weighted by molar-refractivity contribution is 0.0702. The van der Waals surface area contributed by atoms with Gasteiger partial charge < -0.3 is 25.0 Å². The van der Waals surface area contributed by atoms with Crippen LogP contribution in [0.15, 0.2) is 35.3 Å². The molecule has 1 aliphatic heterocycles. The van der Waals surface area contributed by atoms with Crippen molar-refractivity contribution in [3.63, 3.8) is 0 Å². The summed E-state index contributed by atoms with van der Waals surface area (Å²) in [6.45, 7) is 12.5. The van der Waals surface area contributed by atoms with Gasteiger partial charge in [0.05, 0.1) is 13.2 Å². The van der Waals surface area contributed by atoms with Crippen LogP contribution in [0.1, 0.15) is 26.2 Å². The van der Waals surface area contributed by atoms with E-state index in [-0.39, 0.29) is 24.0 Å². The number of benzene rings is 1. The van der Waals surface area contributed by atoms with E-state index in [0.29, 0.717) is 13.2 Å². The fraction of sp³-hybridized carbons (Fsp3) is 0.696. The molecule has 7 nitrogen and oxygen atoms in total. The summed E-state index contributed by atoms with van der Waals surface area (Å²) in [6.07, 6.45) is 3.30. The molecule has 0 spiro atoms. The number of ether oxygens (including phenoxy) is 2. The molecule has 1 aliphatic rings. The van der Waals surface area contributed by atoms with Crippen LogP contribution in [0.3, 0.4) is 0 Å². The van der Waals surface area contributed by atoms with E-state index in [0.717, 1.165) is 71.2 Å². The van der Waals surface area contributed by atoms with E-state index in [1.54, 1.807) is 7.11 Å². The van der Waals surface area contributed by atoms with Crippen molar-refractivity contribution in [3.8, 4) is 0 Å². The minimum atomic E-state index is 0. The maximum absolute atomic E-state index is 5.48. The minimum absolute atomic E-state index is 0. The normalized spacial score (nSPS) is 14.9. The number of methoxy groups -OCH3 is 1. The van der Waals surface area contributed by atoms with Crippen LogP contribution in [0, 0.1) is 0 Å². The lowest BCUT2D eigenvalue weighted by atomic mass is 10.2. The highest BCUT2D eigenvalue weighted by atomic mass is 127. The van der Waals surface area contributed by atoms with Gasteiger partial charge in [-0.1, -0.05) is 18.2 Å². The summed E-state index contributed by atoms with van der Waals surface area (Å²) in [4.78, 5) is 9.69. The number of rotatable bonds is 14.